The second kappa shape index (κ2) is 6.85. The van der Waals surface area contributed by atoms with Gasteiger partial charge >= 0.3 is 0 Å². The van der Waals surface area contributed by atoms with Gasteiger partial charge in [0.1, 0.15) is 5.75 Å². The average Bonchev–Trinajstić information content (AvgIpc) is 2.40. The number of phenolic OH excluding ortho intramolecular Hbond substituents is 1. The maximum Gasteiger partial charge on any atom is 0.115 e. The van der Waals surface area contributed by atoms with Crippen molar-refractivity contribution in [3.8, 4) is 5.75 Å². The van der Waals surface area contributed by atoms with Crippen LogP contribution in [0.4, 0.5) is 0 Å². The molecule has 0 atom stereocenters. The molecule has 2 aromatic carbocycles. The van der Waals surface area contributed by atoms with Crippen molar-refractivity contribution >= 4 is 0 Å². The van der Waals surface area contributed by atoms with Crippen LogP contribution in [-0.4, -0.2) is 5.11 Å². The monoisotopic (exact) mass is 240 g/mol. The fourth-order valence-corrected chi connectivity index (χ4v) is 2.19. The van der Waals surface area contributed by atoms with Crippen LogP contribution in [0.15, 0.2) is 54.6 Å². The minimum atomic E-state index is 0.372. The van der Waals surface area contributed by atoms with Crippen LogP contribution in [0.1, 0.15) is 30.4 Å². The van der Waals surface area contributed by atoms with Gasteiger partial charge < -0.3 is 5.11 Å². The second-order valence-electron chi connectivity index (χ2n) is 4.72. The van der Waals surface area contributed by atoms with E-state index in [-0.39, 0.29) is 0 Å². The Kier molecular flexibility index (Phi) is 4.83. The number of unbranched alkanes of at least 4 members (excludes halogenated alkanes) is 2. The highest BCUT2D eigenvalue weighted by atomic mass is 16.3. The molecule has 94 valence electrons. The van der Waals surface area contributed by atoms with Gasteiger partial charge in [-0.25, -0.2) is 0 Å². The van der Waals surface area contributed by atoms with Gasteiger partial charge in [0.2, 0.25) is 0 Å². The zero-order valence-electron chi connectivity index (χ0n) is 10.7. The van der Waals surface area contributed by atoms with Crippen molar-refractivity contribution in [3.05, 3.63) is 65.7 Å². The minimum Gasteiger partial charge on any atom is -0.508 e. The molecule has 1 N–H and O–H groups in total. The zero-order chi connectivity index (χ0) is 12.6. The van der Waals surface area contributed by atoms with Crippen LogP contribution in [0, 0.1) is 0 Å². The van der Waals surface area contributed by atoms with E-state index >= 15 is 0 Å². The lowest BCUT2D eigenvalue weighted by atomic mass is 10.0. The summed E-state index contributed by atoms with van der Waals surface area (Å²) in [4.78, 5) is 0. The third-order valence-electron chi connectivity index (χ3n) is 3.18. The fourth-order valence-electron chi connectivity index (χ4n) is 2.19. The van der Waals surface area contributed by atoms with Crippen molar-refractivity contribution < 1.29 is 5.11 Å². The molecule has 2 aromatic rings. The highest BCUT2D eigenvalue weighted by Gasteiger charge is 1.96. The van der Waals surface area contributed by atoms with Crippen molar-refractivity contribution in [3.63, 3.8) is 0 Å². The molecule has 0 bridgehead atoms. The van der Waals surface area contributed by atoms with Gasteiger partial charge in [0.25, 0.3) is 0 Å². The van der Waals surface area contributed by atoms with Crippen LogP contribution < -0.4 is 0 Å². The van der Waals surface area contributed by atoms with Crippen LogP contribution >= 0.6 is 0 Å². The van der Waals surface area contributed by atoms with E-state index in [0.29, 0.717) is 5.75 Å². The molecule has 0 aliphatic rings. The molecule has 0 aliphatic heterocycles. The standard InChI is InChI=1S/C17H20O/c18-17-13-7-12-16(14-17)11-6-2-5-10-15-8-3-1-4-9-15/h1,3-4,7-9,12-14,18H,2,5-6,10-11H2. The second-order valence-corrected chi connectivity index (χ2v) is 4.72. The molecule has 0 radical (unpaired) electrons. The smallest absolute Gasteiger partial charge is 0.115 e. The third kappa shape index (κ3) is 4.25. The Balaban J connectivity index is 1.65. The van der Waals surface area contributed by atoms with E-state index in [9.17, 15) is 5.11 Å². The third-order valence-corrected chi connectivity index (χ3v) is 3.18. The number of rotatable bonds is 6. The molecule has 0 unspecified atom stereocenters. The van der Waals surface area contributed by atoms with E-state index in [0.717, 1.165) is 6.42 Å². The maximum absolute atomic E-state index is 9.36. The van der Waals surface area contributed by atoms with Gasteiger partial charge in [0, 0.05) is 0 Å². The number of phenols is 1. The lowest BCUT2D eigenvalue weighted by Crippen LogP contribution is -1.88. The molecule has 0 heterocycles. The molecule has 1 nitrogen and oxygen atoms in total. The van der Waals surface area contributed by atoms with Gasteiger partial charge in [0.15, 0.2) is 0 Å². The molecular weight excluding hydrogens is 220 g/mol. The fraction of sp³-hybridized carbons (Fsp3) is 0.294. The molecular formula is C17H20O. The largest absolute Gasteiger partial charge is 0.508 e. The highest BCUT2D eigenvalue weighted by molar-refractivity contribution is 5.27. The van der Waals surface area contributed by atoms with Crippen LogP contribution in [0.3, 0.4) is 0 Å². The van der Waals surface area contributed by atoms with E-state index in [1.165, 1.54) is 36.8 Å². The first-order valence-corrected chi connectivity index (χ1v) is 6.66. The van der Waals surface area contributed by atoms with Crippen molar-refractivity contribution in [2.24, 2.45) is 0 Å². The summed E-state index contributed by atoms with van der Waals surface area (Å²) in [5.41, 5.74) is 2.66. The molecule has 0 fully saturated rings. The first kappa shape index (κ1) is 12.7. The van der Waals surface area contributed by atoms with E-state index in [1.807, 2.05) is 12.1 Å². The van der Waals surface area contributed by atoms with E-state index in [4.69, 9.17) is 0 Å². The van der Waals surface area contributed by atoms with E-state index < -0.39 is 0 Å². The van der Waals surface area contributed by atoms with Crippen molar-refractivity contribution in [1.29, 1.82) is 0 Å². The molecule has 1 heteroatoms. The summed E-state index contributed by atoms with van der Waals surface area (Å²) in [6, 6.07) is 18.2. The van der Waals surface area contributed by atoms with Crippen molar-refractivity contribution in [1.82, 2.24) is 0 Å². The molecule has 0 amide bonds. The summed E-state index contributed by atoms with van der Waals surface area (Å²) in [5.74, 6) is 0.372. The molecule has 0 spiro atoms. The number of hydrogen-bond donors (Lipinski definition) is 1. The first-order valence-electron chi connectivity index (χ1n) is 6.66. The van der Waals surface area contributed by atoms with Crippen LogP contribution in [0.2, 0.25) is 0 Å². The van der Waals surface area contributed by atoms with Crippen LogP contribution in [0.5, 0.6) is 5.75 Å². The van der Waals surface area contributed by atoms with Gasteiger partial charge in [-0.15, -0.1) is 0 Å². The van der Waals surface area contributed by atoms with Gasteiger partial charge in [-0.1, -0.05) is 48.9 Å². The Morgan fingerprint density at radius 1 is 0.667 bits per heavy atom. The maximum atomic E-state index is 9.36. The molecule has 0 aliphatic carbocycles. The Morgan fingerprint density at radius 2 is 1.33 bits per heavy atom. The summed E-state index contributed by atoms with van der Waals surface area (Å²) in [7, 11) is 0. The molecule has 18 heavy (non-hydrogen) atoms. The average molecular weight is 240 g/mol. The van der Waals surface area contributed by atoms with Gasteiger partial charge in [-0.05, 0) is 48.9 Å². The molecule has 0 saturated carbocycles. The number of aromatic hydroxyl groups is 1. The summed E-state index contributed by atoms with van der Waals surface area (Å²) >= 11 is 0. The van der Waals surface area contributed by atoms with Gasteiger partial charge in [0.05, 0.1) is 0 Å². The SMILES string of the molecule is Oc1cccc(CCCCCc2ccccc2)c1. The quantitative estimate of drug-likeness (QED) is 0.744. The summed E-state index contributed by atoms with van der Waals surface area (Å²) in [6.07, 6.45) is 5.90. The zero-order valence-corrected chi connectivity index (χ0v) is 10.7. The van der Waals surface area contributed by atoms with Gasteiger partial charge in [-0.2, -0.15) is 0 Å². The number of hydrogen-bond acceptors (Lipinski definition) is 1. The van der Waals surface area contributed by atoms with E-state index in [2.05, 4.69) is 36.4 Å². The molecule has 2 rings (SSSR count). The summed E-state index contributed by atoms with van der Waals surface area (Å²) < 4.78 is 0. The number of aryl methyl sites for hydroxylation is 2. The van der Waals surface area contributed by atoms with Crippen LogP contribution in [-0.2, 0) is 12.8 Å². The lowest BCUT2D eigenvalue weighted by molar-refractivity contribution is 0.474. The predicted molar refractivity (Wildman–Crippen MR) is 75.8 cm³/mol. The number of benzene rings is 2. The van der Waals surface area contributed by atoms with Crippen molar-refractivity contribution in [2.75, 3.05) is 0 Å². The van der Waals surface area contributed by atoms with Crippen LogP contribution in [0.25, 0.3) is 0 Å². The summed E-state index contributed by atoms with van der Waals surface area (Å²) in [5, 5.41) is 9.36. The lowest BCUT2D eigenvalue weighted by Gasteiger charge is -2.03. The Bertz CT molecular complexity index is 462. The first-order chi connectivity index (χ1) is 8.84. The highest BCUT2D eigenvalue weighted by Crippen LogP contribution is 2.14. The molecule has 0 saturated heterocycles. The Labute approximate surface area is 109 Å². The topological polar surface area (TPSA) is 20.2 Å². The Hall–Kier alpha value is -1.76. The van der Waals surface area contributed by atoms with Gasteiger partial charge in [-0.3, -0.25) is 0 Å². The molecule has 0 aromatic heterocycles. The predicted octanol–water partition coefficient (Wildman–Crippen LogP) is 4.35. The van der Waals surface area contributed by atoms with Crippen molar-refractivity contribution in [2.45, 2.75) is 32.1 Å². The van der Waals surface area contributed by atoms with E-state index in [1.54, 1.807) is 6.07 Å². The Morgan fingerprint density at radius 3 is 2.06 bits per heavy atom. The minimum absolute atomic E-state index is 0.372. The normalized spacial score (nSPS) is 10.4. The summed E-state index contributed by atoms with van der Waals surface area (Å²) in [6.45, 7) is 0.